The van der Waals surface area contributed by atoms with E-state index in [1.165, 1.54) is 0 Å². The van der Waals surface area contributed by atoms with Gasteiger partial charge in [0.05, 0.1) is 40.4 Å². The van der Waals surface area contributed by atoms with E-state index in [1.807, 2.05) is 18.7 Å². The van der Waals surface area contributed by atoms with Crippen LogP contribution < -0.4 is 4.85 Å². The minimum absolute atomic E-state index is 0.458. The molecule has 0 saturated carbocycles. The predicted molar refractivity (Wildman–Crippen MR) is 71.4 cm³/mol. The summed E-state index contributed by atoms with van der Waals surface area (Å²) in [7, 11) is 3.85. The number of hydrogen-bond donors (Lipinski definition) is 0. The van der Waals surface area contributed by atoms with Crippen LogP contribution in [0.3, 0.4) is 0 Å². The predicted octanol–water partition coefficient (Wildman–Crippen LogP) is -1.13. The average Bonchev–Trinajstić information content (AvgIpc) is 2.78. The molecule has 3 rings (SSSR count). The maximum absolute atomic E-state index is 11.9. The normalized spacial score (nSPS) is 15.6. The van der Waals surface area contributed by atoms with E-state index in [0.717, 1.165) is 19.0 Å². The Morgan fingerprint density at radius 1 is 1.40 bits per heavy atom. The maximum atomic E-state index is 11.9. The van der Waals surface area contributed by atoms with E-state index >= 15 is 0 Å². The molecule has 106 valence electrons. The molecule has 1 aliphatic heterocycles. The van der Waals surface area contributed by atoms with E-state index in [4.69, 9.17) is 4.74 Å². The molecule has 20 heavy (non-hydrogen) atoms. The Hall–Kier alpha value is -2.22. The van der Waals surface area contributed by atoms with Gasteiger partial charge < -0.3 is 9.94 Å². The standard InChI is InChI=1S/C12H17N6O2/c1-15(2)12(16-6-8-20-9-7-16)17-11-10(18(19)14-17)4-3-5-13-11/h3-5H,6-9H2,1-2H3/q+1. The fourth-order valence-corrected chi connectivity index (χ4v) is 2.38. The molecule has 2 aromatic heterocycles. The molecule has 0 spiro atoms. The molecule has 8 heteroatoms. The second-order valence-electron chi connectivity index (χ2n) is 4.81. The van der Waals surface area contributed by atoms with Crippen molar-refractivity contribution in [2.45, 2.75) is 0 Å². The zero-order chi connectivity index (χ0) is 14.1. The van der Waals surface area contributed by atoms with Gasteiger partial charge in [-0.2, -0.15) is 0 Å². The molecule has 0 amide bonds. The van der Waals surface area contributed by atoms with Crippen LogP contribution in [0.25, 0.3) is 11.2 Å². The second kappa shape index (κ2) is 5.04. The van der Waals surface area contributed by atoms with Crippen LogP contribution >= 0.6 is 0 Å². The summed E-state index contributed by atoms with van der Waals surface area (Å²) in [4.78, 5) is 7.02. The fourth-order valence-electron chi connectivity index (χ4n) is 2.38. The molecule has 0 N–H and O–H groups in total. The van der Waals surface area contributed by atoms with E-state index in [9.17, 15) is 5.21 Å². The maximum Gasteiger partial charge on any atom is 0.414 e. The van der Waals surface area contributed by atoms with E-state index in [-0.39, 0.29) is 0 Å². The average molecular weight is 277 g/mol. The Morgan fingerprint density at radius 3 is 2.85 bits per heavy atom. The number of aromatic nitrogens is 4. The first-order valence-electron chi connectivity index (χ1n) is 6.49. The minimum atomic E-state index is 0.458. The summed E-state index contributed by atoms with van der Waals surface area (Å²) in [6, 6.07) is 3.44. The molecule has 1 saturated heterocycles. The SMILES string of the molecule is C[N+](C)=C(N1CCOCC1)n1n[n+]([O-])c2cccnc21. The topological polar surface area (TPSA) is 73.1 Å². The number of rotatable bonds is 0. The highest BCUT2D eigenvalue weighted by molar-refractivity contribution is 5.84. The Bertz CT molecular complexity index is 655. The minimum Gasteiger partial charge on any atom is -0.691 e. The van der Waals surface area contributed by atoms with Gasteiger partial charge in [-0.05, 0) is 16.8 Å². The van der Waals surface area contributed by atoms with E-state index in [1.54, 1.807) is 23.0 Å². The van der Waals surface area contributed by atoms with Crippen molar-refractivity contribution in [1.82, 2.24) is 19.8 Å². The lowest BCUT2D eigenvalue weighted by Gasteiger charge is -2.23. The quantitative estimate of drug-likeness (QED) is 0.264. The summed E-state index contributed by atoms with van der Waals surface area (Å²) in [6.45, 7) is 2.86. The van der Waals surface area contributed by atoms with Gasteiger partial charge in [0.15, 0.2) is 0 Å². The van der Waals surface area contributed by atoms with Crippen LogP contribution in [0.15, 0.2) is 18.3 Å². The van der Waals surface area contributed by atoms with Gasteiger partial charge in [-0.15, -0.1) is 4.85 Å². The smallest absolute Gasteiger partial charge is 0.414 e. The summed E-state index contributed by atoms with van der Waals surface area (Å²) in [5, 5.41) is 15.9. The van der Waals surface area contributed by atoms with Gasteiger partial charge in [0.1, 0.15) is 5.21 Å². The highest BCUT2D eigenvalue weighted by Gasteiger charge is 2.31. The Balaban J connectivity index is 2.13. The number of morpholine rings is 1. The second-order valence-corrected chi connectivity index (χ2v) is 4.81. The van der Waals surface area contributed by atoms with Gasteiger partial charge >= 0.3 is 11.6 Å². The lowest BCUT2D eigenvalue weighted by molar-refractivity contribution is -0.646. The van der Waals surface area contributed by atoms with Crippen molar-refractivity contribution in [3.05, 3.63) is 23.5 Å². The highest BCUT2D eigenvalue weighted by Crippen LogP contribution is 2.08. The first kappa shape index (κ1) is 12.8. The summed E-state index contributed by atoms with van der Waals surface area (Å²) in [5.74, 6) is 0.826. The third kappa shape index (κ3) is 2.07. The first-order chi connectivity index (χ1) is 9.68. The summed E-state index contributed by atoms with van der Waals surface area (Å²) in [6.07, 6.45) is 1.66. The summed E-state index contributed by atoms with van der Waals surface area (Å²) < 4.78 is 8.90. The monoisotopic (exact) mass is 277 g/mol. The van der Waals surface area contributed by atoms with Gasteiger partial charge in [0.25, 0.3) is 0 Å². The lowest BCUT2D eigenvalue weighted by Crippen LogP contribution is -2.48. The van der Waals surface area contributed by atoms with Crippen LogP contribution in [-0.2, 0) is 4.74 Å². The molecular weight excluding hydrogens is 260 g/mol. The van der Waals surface area contributed by atoms with Gasteiger partial charge in [-0.1, -0.05) is 0 Å². The largest absolute Gasteiger partial charge is 0.691 e. The third-order valence-electron chi connectivity index (χ3n) is 3.23. The van der Waals surface area contributed by atoms with Crippen LogP contribution in [0.2, 0.25) is 0 Å². The van der Waals surface area contributed by atoms with Crippen LogP contribution in [0.1, 0.15) is 0 Å². The molecule has 0 radical (unpaired) electrons. The van der Waals surface area contributed by atoms with E-state index < -0.39 is 0 Å². The Kier molecular flexibility index (Phi) is 3.23. The molecule has 1 fully saturated rings. The van der Waals surface area contributed by atoms with Crippen molar-refractivity contribution in [1.29, 1.82) is 0 Å². The Labute approximate surface area is 116 Å². The first-order valence-corrected chi connectivity index (χ1v) is 6.49. The number of hydrogen-bond acceptors (Lipinski definition) is 4. The number of ether oxygens (including phenoxy) is 1. The highest BCUT2D eigenvalue weighted by atomic mass is 16.5. The van der Waals surface area contributed by atoms with Gasteiger partial charge in [0.2, 0.25) is 5.52 Å². The van der Waals surface area contributed by atoms with E-state index in [2.05, 4.69) is 15.1 Å². The molecule has 0 unspecified atom stereocenters. The molecule has 0 aliphatic carbocycles. The van der Waals surface area contributed by atoms with Crippen LogP contribution in [0, 0.1) is 5.21 Å². The lowest BCUT2D eigenvalue weighted by atomic mass is 10.4. The van der Waals surface area contributed by atoms with Crippen molar-refractivity contribution < 1.29 is 14.2 Å². The van der Waals surface area contributed by atoms with Crippen LogP contribution in [0.4, 0.5) is 0 Å². The summed E-state index contributed by atoms with van der Waals surface area (Å²) in [5.41, 5.74) is 1.01. The summed E-state index contributed by atoms with van der Waals surface area (Å²) >= 11 is 0. The molecule has 0 bridgehead atoms. The van der Waals surface area contributed by atoms with Gasteiger partial charge in [0, 0.05) is 6.20 Å². The zero-order valence-electron chi connectivity index (χ0n) is 11.6. The van der Waals surface area contributed by atoms with Crippen molar-refractivity contribution in [2.75, 3.05) is 40.4 Å². The van der Waals surface area contributed by atoms with Gasteiger partial charge in [-0.3, -0.25) is 9.48 Å². The van der Waals surface area contributed by atoms with Crippen LogP contribution in [0.5, 0.6) is 0 Å². The van der Waals surface area contributed by atoms with Crippen LogP contribution in [-0.4, -0.2) is 70.7 Å². The molecule has 0 atom stereocenters. The molecule has 8 nitrogen and oxygen atoms in total. The molecule has 3 heterocycles. The third-order valence-corrected chi connectivity index (χ3v) is 3.23. The molecule has 2 aromatic rings. The zero-order valence-corrected chi connectivity index (χ0v) is 11.6. The number of fused-ring (bicyclic) bond motifs is 1. The Morgan fingerprint density at radius 2 is 2.15 bits per heavy atom. The fraction of sp³-hybridized carbons (Fsp3) is 0.500. The van der Waals surface area contributed by atoms with E-state index in [0.29, 0.717) is 29.2 Å². The molecule has 1 aliphatic rings. The van der Waals surface area contributed by atoms with Gasteiger partial charge in [-0.25, -0.2) is 4.98 Å². The molecular formula is C12H17N6O2+. The van der Waals surface area contributed by atoms with Crippen molar-refractivity contribution in [3.8, 4) is 0 Å². The molecule has 0 aromatic carbocycles. The van der Waals surface area contributed by atoms with Crippen molar-refractivity contribution in [2.24, 2.45) is 0 Å². The number of pyridine rings is 1. The van der Waals surface area contributed by atoms with Crippen molar-refractivity contribution in [3.63, 3.8) is 0 Å². The van der Waals surface area contributed by atoms with Crippen molar-refractivity contribution >= 4 is 17.1 Å². The number of nitrogens with zero attached hydrogens (tertiary/aromatic N) is 6.